The average Bonchev–Trinajstić information content (AvgIpc) is 3.26. The van der Waals surface area contributed by atoms with E-state index < -0.39 is 21.4 Å². The number of hydrogen-bond acceptors (Lipinski definition) is 5. The molecule has 33 heavy (non-hydrogen) atoms. The molecular formula is C25H31N3O4S. The van der Waals surface area contributed by atoms with Gasteiger partial charge in [-0.2, -0.15) is 0 Å². The molecule has 2 fully saturated rings. The van der Waals surface area contributed by atoms with Gasteiger partial charge in [-0.3, -0.25) is 9.69 Å². The first-order valence-electron chi connectivity index (χ1n) is 11.5. The van der Waals surface area contributed by atoms with Crippen molar-refractivity contribution in [3.8, 4) is 0 Å². The van der Waals surface area contributed by atoms with Crippen LogP contribution in [-0.4, -0.2) is 66.5 Å². The van der Waals surface area contributed by atoms with E-state index in [4.69, 9.17) is 0 Å². The van der Waals surface area contributed by atoms with Gasteiger partial charge in [0.1, 0.15) is 5.54 Å². The van der Waals surface area contributed by atoms with E-state index in [1.807, 2.05) is 72.5 Å². The van der Waals surface area contributed by atoms with E-state index in [1.54, 1.807) is 0 Å². The van der Waals surface area contributed by atoms with Crippen LogP contribution in [0.1, 0.15) is 30.9 Å². The third-order valence-electron chi connectivity index (χ3n) is 6.50. The Labute approximate surface area is 195 Å². The van der Waals surface area contributed by atoms with Crippen LogP contribution in [0.5, 0.6) is 0 Å². The number of nitrogens with zero attached hydrogens (tertiary/aromatic N) is 2. The fraction of sp³-hybridized carbons (Fsp3) is 0.440. The summed E-state index contributed by atoms with van der Waals surface area (Å²) in [7, 11) is -3.07. The minimum absolute atomic E-state index is 0.0792. The summed E-state index contributed by atoms with van der Waals surface area (Å²) in [4.78, 5) is 30.2. The Balaban J connectivity index is 1.61. The third kappa shape index (κ3) is 5.28. The van der Waals surface area contributed by atoms with Crippen molar-refractivity contribution >= 4 is 21.8 Å². The number of carbonyl (C=O) groups excluding carboxylic acids is 2. The lowest BCUT2D eigenvalue weighted by molar-refractivity contribution is -0.133. The van der Waals surface area contributed by atoms with Crippen molar-refractivity contribution in [1.29, 1.82) is 0 Å². The van der Waals surface area contributed by atoms with Gasteiger partial charge in [0.2, 0.25) is 0 Å². The van der Waals surface area contributed by atoms with E-state index >= 15 is 0 Å². The van der Waals surface area contributed by atoms with Gasteiger partial charge in [0, 0.05) is 18.9 Å². The second-order valence-corrected chi connectivity index (χ2v) is 11.3. The van der Waals surface area contributed by atoms with Crippen LogP contribution in [0.2, 0.25) is 0 Å². The molecule has 1 unspecified atom stereocenters. The molecule has 7 nitrogen and oxygen atoms in total. The van der Waals surface area contributed by atoms with Crippen molar-refractivity contribution in [3.05, 3.63) is 71.8 Å². The van der Waals surface area contributed by atoms with Gasteiger partial charge in [-0.15, -0.1) is 0 Å². The van der Waals surface area contributed by atoms with Gasteiger partial charge in [-0.05, 0) is 30.5 Å². The van der Waals surface area contributed by atoms with Gasteiger partial charge in [0.15, 0.2) is 9.84 Å². The highest BCUT2D eigenvalue weighted by molar-refractivity contribution is 7.91. The lowest BCUT2D eigenvalue weighted by atomic mass is 9.84. The topological polar surface area (TPSA) is 86.8 Å². The van der Waals surface area contributed by atoms with Crippen LogP contribution in [0.15, 0.2) is 60.7 Å². The molecular weight excluding hydrogens is 438 g/mol. The number of urea groups is 1. The molecule has 0 radical (unpaired) electrons. The number of sulfone groups is 1. The quantitative estimate of drug-likeness (QED) is 0.571. The smallest absolute Gasteiger partial charge is 0.322 e. The second kappa shape index (κ2) is 9.65. The van der Waals surface area contributed by atoms with Crippen LogP contribution in [-0.2, 0) is 27.5 Å². The highest BCUT2D eigenvalue weighted by Gasteiger charge is 2.51. The van der Waals surface area contributed by atoms with Gasteiger partial charge in [0.25, 0.3) is 5.91 Å². The molecule has 0 aliphatic carbocycles. The number of nitrogens with one attached hydrogen (secondary N) is 1. The summed E-state index contributed by atoms with van der Waals surface area (Å²) in [6.07, 6.45) is 2.11. The number of rotatable bonds is 9. The fourth-order valence-electron chi connectivity index (χ4n) is 4.90. The summed E-state index contributed by atoms with van der Waals surface area (Å²) in [6, 6.07) is 18.8. The largest absolute Gasteiger partial charge is 0.326 e. The predicted octanol–water partition coefficient (Wildman–Crippen LogP) is 2.62. The highest BCUT2D eigenvalue weighted by Crippen LogP contribution is 2.28. The fourth-order valence-corrected chi connectivity index (χ4v) is 6.66. The summed E-state index contributed by atoms with van der Waals surface area (Å²) in [6.45, 7) is 2.74. The normalized spacial score (nSPS) is 21.5. The lowest BCUT2D eigenvalue weighted by Crippen LogP contribution is -2.52. The molecule has 1 N–H and O–H groups in total. The first-order chi connectivity index (χ1) is 15.8. The molecule has 0 spiro atoms. The van der Waals surface area contributed by atoms with E-state index in [1.165, 1.54) is 4.90 Å². The Morgan fingerprint density at radius 3 is 2.06 bits per heavy atom. The number of carbonyl (C=O) groups is 2. The van der Waals surface area contributed by atoms with Crippen LogP contribution < -0.4 is 5.32 Å². The Hall–Kier alpha value is -2.71. The van der Waals surface area contributed by atoms with Gasteiger partial charge < -0.3 is 5.32 Å². The summed E-state index contributed by atoms with van der Waals surface area (Å²) in [5, 5.41) is 3.01. The molecule has 2 aliphatic heterocycles. The number of amides is 3. The summed E-state index contributed by atoms with van der Waals surface area (Å²) in [5.41, 5.74) is 0.854. The molecule has 0 saturated carbocycles. The molecule has 0 bridgehead atoms. The van der Waals surface area contributed by atoms with Crippen LogP contribution in [0.25, 0.3) is 0 Å². The van der Waals surface area contributed by atoms with Gasteiger partial charge in [0.05, 0.1) is 18.2 Å². The van der Waals surface area contributed by atoms with Gasteiger partial charge in [-0.1, -0.05) is 67.6 Å². The molecule has 176 valence electrons. The molecule has 8 heteroatoms. The Morgan fingerprint density at radius 2 is 1.58 bits per heavy atom. The van der Waals surface area contributed by atoms with Crippen molar-refractivity contribution in [2.45, 2.75) is 44.2 Å². The maximum absolute atomic E-state index is 13.8. The summed E-state index contributed by atoms with van der Waals surface area (Å²) >= 11 is 0. The van der Waals surface area contributed by atoms with Gasteiger partial charge >= 0.3 is 6.03 Å². The van der Waals surface area contributed by atoms with Crippen molar-refractivity contribution in [2.75, 3.05) is 24.7 Å². The third-order valence-corrected chi connectivity index (χ3v) is 8.25. The van der Waals surface area contributed by atoms with E-state index in [0.717, 1.165) is 17.5 Å². The molecule has 0 aromatic heterocycles. The molecule has 1 atom stereocenters. The standard InChI is InChI=1S/C25H31N3O4S/c1-2-14-27(22-13-15-33(31,32)18-22)19-28-23(29)25(26-24(28)30,16-20-9-5-3-6-10-20)17-21-11-7-4-8-12-21/h3-12,22H,2,13-19H2,1H3,(H,26,30). The zero-order valence-corrected chi connectivity index (χ0v) is 19.8. The Kier molecular flexibility index (Phi) is 6.86. The number of benzene rings is 2. The van der Waals surface area contributed by atoms with Crippen LogP contribution in [0.3, 0.4) is 0 Å². The van der Waals surface area contributed by atoms with E-state index in [2.05, 4.69) is 5.32 Å². The minimum atomic E-state index is -3.07. The van der Waals surface area contributed by atoms with E-state index in [9.17, 15) is 18.0 Å². The van der Waals surface area contributed by atoms with Crippen molar-refractivity contribution < 1.29 is 18.0 Å². The predicted molar refractivity (Wildman–Crippen MR) is 127 cm³/mol. The maximum Gasteiger partial charge on any atom is 0.326 e. The minimum Gasteiger partial charge on any atom is -0.322 e. The summed E-state index contributed by atoms with van der Waals surface area (Å²) in [5.74, 6) is -0.0260. The second-order valence-electron chi connectivity index (χ2n) is 9.08. The molecule has 4 rings (SSSR count). The van der Waals surface area contributed by atoms with Gasteiger partial charge in [-0.25, -0.2) is 18.1 Å². The zero-order valence-electron chi connectivity index (χ0n) is 18.9. The summed E-state index contributed by atoms with van der Waals surface area (Å²) < 4.78 is 24.1. The lowest BCUT2D eigenvalue weighted by Gasteiger charge is -2.32. The van der Waals surface area contributed by atoms with Crippen molar-refractivity contribution in [2.24, 2.45) is 0 Å². The van der Waals surface area contributed by atoms with Crippen LogP contribution in [0.4, 0.5) is 4.79 Å². The van der Waals surface area contributed by atoms with E-state index in [-0.39, 0.29) is 30.1 Å². The van der Waals surface area contributed by atoms with Crippen molar-refractivity contribution in [1.82, 2.24) is 15.1 Å². The zero-order chi connectivity index (χ0) is 23.5. The van der Waals surface area contributed by atoms with Crippen molar-refractivity contribution in [3.63, 3.8) is 0 Å². The maximum atomic E-state index is 13.8. The molecule has 2 aromatic carbocycles. The SMILES string of the molecule is CCCN(CN1C(=O)NC(Cc2ccccc2)(Cc2ccccc2)C1=O)C1CCS(=O)(=O)C1. The molecule has 2 heterocycles. The van der Waals surface area contributed by atoms with Crippen LogP contribution >= 0.6 is 0 Å². The first-order valence-corrected chi connectivity index (χ1v) is 13.3. The Morgan fingerprint density at radius 1 is 1.00 bits per heavy atom. The van der Waals surface area contributed by atoms with Crippen LogP contribution in [0, 0.1) is 0 Å². The Bertz CT molecular complexity index is 1050. The molecule has 2 aliphatic rings. The monoisotopic (exact) mass is 469 g/mol. The average molecular weight is 470 g/mol. The molecule has 3 amide bonds. The first kappa shape index (κ1) is 23.4. The molecule has 2 saturated heterocycles. The van der Waals surface area contributed by atoms with E-state index in [0.29, 0.717) is 25.8 Å². The highest BCUT2D eigenvalue weighted by atomic mass is 32.2. The molecule has 2 aromatic rings. The number of imide groups is 1. The number of hydrogen-bond donors (Lipinski definition) is 1.